The first-order valence-electron chi connectivity index (χ1n) is 11.8. The first-order chi connectivity index (χ1) is 16.5. The molecule has 5 heteroatoms. The topological polar surface area (TPSA) is 58.6 Å². The molecule has 0 spiro atoms. The molecule has 0 bridgehead atoms. The van der Waals surface area contributed by atoms with E-state index in [1.807, 2.05) is 99.6 Å². The summed E-state index contributed by atoms with van der Waals surface area (Å²) in [6.07, 6.45) is 1.25. The molecule has 3 aromatic carbocycles. The Labute approximate surface area is 202 Å². The van der Waals surface area contributed by atoms with E-state index < -0.39 is 6.04 Å². The van der Waals surface area contributed by atoms with Crippen LogP contribution >= 0.6 is 0 Å². The number of rotatable bonds is 11. The second-order valence-electron chi connectivity index (χ2n) is 8.61. The van der Waals surface area contributed by atoms with E-state index in [0.717, 1.165) is 28.7 Å². The molecule has 3 aromatic rings. The summed E-state index contributed by atoms with van der Waals surface area (Å²) in [6.45, 7) is 6.79. The van der Waals surface area contributed by atoms with Gasteiger partial charge in [-0.3, -0.25) is 9.59 Å². The van der Waals surface area contributed by atoms with Gasteiger partial charge in [-0.1, -0.05) is 84.8 Å². The van der Waals surface area contributed by atoms with Crippen molar-refractivity contribution in [1.29, 1.82) is 0 Å². The number of nitrogens with zero attached hydrogens (tertiary/aromatic N) is 1. The second-order valence-corrected chi connectivity index (χ2v) is 8.61. The average molecular weight is 459 g/mol. The Morgan fingerprint density at radius 1 is 0.882 bits per heavy atom. The van der Waals surface area contributed by atoms with Crippen molar-refractivity contribution in [3.05, 3.63) is 101 Å². The van der Waals surface area contributed by atoms with Crippen LogP contribution in [0.4, 0.5) is 0 Å². The average Bonchev–Trinajstić information content (AvgIpc) is 2.85. The third-order valence-electron chi connectivity index (χ3n) is 5.64. The van der Waals surface area contributed by atoms with Crippen molar-refractivity contribution in [1.82, 2.24) is 10.2 Å². The molecule has 0 aliphatic carbocycles. The van der Waals surface area contributed by atoms with Gasteiger partial charge < -0.3 is 15.0 Å². The molecule has 0 radical (unpaired) electrons. The van der Waals surface area contributed by atoms with Crippen molar-refractivity contribution in [2.24, 2.45) is 0 Å². The van der Waals surface area contributed by atoms with Crippen molar-refractivity contribution in [2.45, 2.75) is 46.2 Å². The van der Waals surface area contributed by atoms with Gasteiger partial charge in [-0.25, -0.2) is 0 Å². The summed E-state index contributed by atoms with van der Waals surface area (Å²) < 4.78 is 5.80. The highest BCUT2D eigenvalue weighted by molar-refractivity contribution is 5.88. The summed E-state index contributed by atoms with van der Waals surface area (Å²) in [7, 11) is 0. The van der Waals surface area contributed by atoms with E-state index in [2.05, 4.69) is 5.32 Å². The van der Waals surface area contributed by atoms with Crippen LogP contribution in [-0.4, -0.2) is 35.9 Å². The third kappa shape index (κ3) is 7.48. The molecule has 0 aliphatic rings. The lowest BCUT2D eigenvalue weighted by atomic mass is 10.0. The standard InChI is InChI=1S/C29H34N2O3/c1-4-17-30-29(33)27(19-24-10-6-5-7-11-24)31(20-25-12-8-9-23(3)18-25)28(32)21-34-26-15-13-22(2)14-16-26/h5-16,18,27H,4,17,19-21H2,1-3H3,(H,30,33)/t27-/m1/s1. The molecule has 1 N–H and O–H groups in total. The predicted molar refractivity (Wildman–Crippen MR) is 136 cm³/mol. The molecule has 0 saturated heterocycles. The number of nitrogens with one attached hydrogen (secondary N) is 1. The number of carbonyl (C=O) groups excluding carboxylic acids is 2. The third-order valence-corrected chi connectivity index (χ3v) is 5.64. The van der Waals surface area contributed by atoms with Gasteiger partial charge in [-0.15, -0.1) is 0 Å². The maximum absolute atomic E-state index is 13.5. The van der Waals surface area contributed by atoms with Crippen molar-refractivity contribution in [3.63, 3.8) is 0 Å². The van der Waals surface area contributed by atoms with E-state index in [0.29, 0.717) is 25.3 Å². The van der Waals surface area contributed by atoms with Gasteiger partial charge in [-0.2, -0.15) is 0 Å². The monoisotopic (exact) mass is 458 g/mol. The molecule has 34 heavy (non-hydrogen) atoms. The highest BCUT2D eigenvalue weighted by Gasteiger charge is 2.30. The number of hydrogen-bond acceptors (Lipinski definition) is 3. The molecule has 0 heterocycles. The number of amides is 2. The SMILES string of the molecule is CCCNC(=O)[C@@H](Cc1ccccc1)N(Cc1cccc(C)c1)C(=O)COc1ccc(C)cc1. The predicted octanol–water partition coefficient (Wildman–Crippen LogP) is 4.85. The summed E-state index contributed by atoms with van der Waals surface area (Å²) in [5.41, 5.74) is 4.21. The minimum Gasteiger partial charge on any atom is -0.484 e. The van der Waals surface area contributed by atoms with Gasteiger partial charge in [0.05, 0.1) is 0 Å². The minimum absolute atomic E-state index is 0.138. The van der Waals surface area contributed by atoms with Crippen LogP contribution in [-0.2, 0) is 22.6 Å². The van der Waals surface area contributed by atoms with Crippen molar-refractivity contribution >= 4 is 11.8 Å². The fourth-order valence-electron chi connectivity index (χ4n) is 3.79. The van der Waals surface area contributed by atoms with Gasteiger partial charge in [0.15, 0.2) is 6.61 Å². The van der Waals surface area contributed by atoms with Crippen LogP contribution in [0.25, 0.3) is 0 Å². The first kappa shape index (κ1) is 25.0. The zero-order chi connectivity index (χ0) is 24.3. The Kier molecular flexibility index (Phi) is 9.27. The largest absolute Gasteiger partial charge is 0.484 e. The first-order valence-corrected chi connectivity index (χ1v) is 11.8. The molecule has 178 valence electrons. The lowest BCUT2D eigenvalue weighted by molar-refractivity contribution is -0.142. The Balaban J connectivity index is 1.88. The Hall–Kier alpha value is -3.60. The van der Waals surface area contributed by atoms with Crippen LogP contribution < -0.4 is 10.1 Å². The maximum atomic E-state index is 13.5. The summed E-state index contributed by atoms with van der Waals surface area (Å²) in [4.78, 5) is 28.4. The van der Waals surface area contributed by atoms with Crippen LogP contribution in [0.3, 0.4) is 0 Å². The Morgan fingerprint density at radius 2 is 1.59 bits per heavy atom. The summed E-state index contributed by atoms with van der Waals surface area (Å²) in [6, 6.07) is 24.8. The van der Waals surface area contributed by atoms with Gasteiger partial charge in [0.1, 0.15) is 11.8 Å². The van der Waals surface area contributed by atoms with Gasteiger partial charge in [-0.05, 0) is 43.5 Å². The van der Waals surface area contributed by atoms with Crippen LogP contribution in [0.15, 0.2) is 78.9 Å². The van der Waals surface area contributed by atoms with E-state index in [1.54, 1.807) is 4.90 Å². The van der Waals surface area contributed by atoms with Gasteiger partial charge in [0.2, 0.25) is 5.91 Å². The molecular weight excluding hydrogens is 424 g/mol. The van der Waals surface area contributed by atoms with E-state index >= 15 is 0 Å². The molecule has 1 atom stereocenters. The van der Waals surface area contributed by atoms with Crippen LogP contribution in [0.5, 0.6) is 5.75 Å². The highest BCUT2D eigenvalue weighted by atomic mass is 16.5. The lowest BCUT2D eigenvalue weighted by Crippen LogP contribution is -2.51. The maximum Gasteiger partial charge on any atom is 0.261 e. The highest BCUT2D eigenvalue weighted by Crippen LogP contribution is 2.17. The molecule has 0 aliphatic heterocycles. The van der Waals surface area contributed by atoms with E-state index in [4.69, 9.17) is 4.74 Å². The summed E-state index contributed by atoms with van der Waals surface area (Å²) in [5, 5.41) is 2.99. The molecule has 2 amide bonds. The molecule has 0 aromatic heterocycles. The number of benzene rings is 3. The van der Waals surface area contributed by atoms with E-state index in [-0.39, 0.29) is 18.4 Å². The number of aryl methyl sites for hydroxylation is 2. The quantitative estimate of drug-likeness (QED) is 0.447. The Morgan fingerprint density at radius 3 is 2.26 bits per heavy atom. The Bertz CT molecular complexity index is 1060. The van der Waals surface area contributed by atoms with Crippen LogP contribution in [0.1, 0.15) is 35.6 Å². The fourth-order valence-corrected chi connectivity index (χ4v) is 3.79. The summed E-state index contributed by atoms with van der Waals surface area (Å²) in [5.74, 6) is 0.251. The number of hydrogen-bond donors (Lipinski definition) is 1. The lowest BCUT2D eigenvalue weighted by Gasteiger charge is -2.31. The normalized spacial score (nSPS) is 11.5. The number of ether oxygens (including phenoxy) is 1. The smallest absolute Gasteiger partial charge is 0.261 e. The summed E-state index contributed by atoms with van der Waals surface area (Å²) >= 11 is 0. The van der Waals surface area contributed by atoms with Crippen molar-refractivity contribution in [2.75, 3.05) is 13.2 Å². The van der Waals surface area contributed by atoms with Crippen LogP contribution in [0, 0.1) is 13.8 Å². The molecule has 0 fully saturated rings. The molecule has 0 unspecified atom stereocenters. The molecular formula is C29H34N2O3. The minimum atomic E-state index is -0.649. The molecule has 0 saturated carbocycles. The van der Waals surface area contributed by atoms with Crippen LogP contribution in [0.2, 0.25) is 0 Å². The second kappa shape index (κ2) is 12.6. The fraction of sp³-hybridized carbons (Fsp3) is 0.310. The van der Waals surface area contributed by atoms with Gasteiger partial charge in [0, 0.05) is 19.5 Å². The van der Waals surface area contributed by atoms with Gasteiger partial charge >= 0.3 is 0 Å². The van der Waals surface area contributed by atoms with Crippen molar-refractivity contribution < 1.29 is 14.3 Å². The van der Waals surface area contributed by atoms with Crippen molar-refractivity contribution in [3.8, 4) is 5.75 Å². The van der Waals surface area contributed by atoms with Gasteiger partial charge in [0.25, 0.3) is 5.91 Å². The molecule has 3 rings (SSSR count). The zero-order valence-corrected chi connectivity index (χ0v) is 20.3. The van der Waals surface area contributed by atoms with E-state index in [9.17, 15) is 9.59 Å². The number of carbonyl (C=O) groups is 2. The van der Waals surface area contributed by atoms with E-state index in [1.165, 1.54) is 0 Å². The molecule has 5 nitrogen and oxygen atoms in total. The zero-order valence-electron chi connectivity index (χ0n) is 20.3.